The Bertz CT molecular complexity index is 10300. The van der Waals surface area contributed by atoms with Crippen molar-refractivity contribution in [1.29, 1.82) is 0 Å². The molecule has 12 aromatic heterocycles. The average molecular weight is 1880 g/mol. The van der Waals surface area contributed by atoms with Gasteiger partial charge in [0.2, 0.25) is 0 Å². The molecule has 0 aliphatic heterocycles. The molecule has 0 aliphatic rings. The van der Waals surface area contributed by atoms with Crippen LogP contribution in [0.25, 0.3) is 297 Å². The molecule has 668 valence electrons. The highest BCUT2D eigenvalue weighted by Gasteiger charge is 2.27. The lowest BCUT2D eigenvalue weighted by atomic mass is 9.80. The van der Waals surface area contributed by atoms with E-state index in [-0.39, 0.29) is 29.7 Å². The van der Waals surface area contributed by atoms with Crippen molar-refractivity contribution in [2.24, 2.45) is 0 Å². The second kappa shape index (κ2) is 31.3. The highest BCUT2D eigenvalue weighted by atomic mass is 79.9. The fraction of sp³-hybridized carbons (Fsp3) is 0.0161. The molecule has 140 heavy (non-hydrogen) atoms. The normalized spacial score (nSPS) is 12.0. The van der Waals surface area contributed by atoms with E-state index in [1.54, 1.807) is 18.2 Å². The molecule has 32 rings (SSSR count). The summed E-state index contributed by atoms with van der Waals surface area (Å²) in [4.78, 5) is 0. The van der Waals surface area contributed by atoms with Crippen LogP contribution in [0.4, 0.5) is 0 Å². The van der Waals surface area contributed by atoms with Crippen LogP contribution >= 0.6 is 15.9 Å². The van der Waals surface area contributed by atoms with Crippen LogP contribution in [-0.2, 0) is 0 Å². The van der Waals surface area contributed by atoms with Crippen LogP contribution in [0.3, 0.4) is 0 Å². The van der Waals surface area contributed by atoms with Gasteiger partial charge in [0.1, 0.15) is 44.7 Å². The largest absolute Gasteiger partial charge is 0.488 e. The minimum Gasteiger partial charge on any atom is -0.452 e. The van der Waals surface area contributed by atoms with Gasteiger partial charge in [0.05, 0.1) is 44.1 Å². The molecule has 0 saturated heterocycles. The van der Waals surface area contributed by atoms with Crippen molar-refractivity contribution < 1.29 is 45.4 Å². The first-order valence-electron chi connectivity index (χ1n) is 45.4. The molecule has 32 aromatic rings. The van der Waals surface area contributed by atoms with Crippen molar-refractivity contribution in [2.45, 2.75) is 14.9 Å². The maximum atomic E-state index is 9.60. The Morgan fingerprint density at radius 2 is 0.364 bits per heavy atom. The zero-order valence-electron chi connectivity index (χ0n) is 73.9. The van der Waals surface area contributed by atoms with Crippen molar-refractivity contribution >= 4 is 291 Å². The van der Waals surface area contributed by atoms with Crippen molar-refractivity contribution in [3.63, 3.8) is 0 Å². The van der Waals surface area contributed by atoms with Gasteiger partial charge in [-0.2, -0.15) is 0 Å². The van der Waals surface area contributed by atoms with E-state index in [1.807, 2.05) is 24.3 Å². The smallest absolute Gasteiger partial charge is 0.452 e. The second-order valence-electron chi connectivity index (χ2n) is 35.5. The Balaban J connectivity index is 0.000000116. The molecule has 0 unspecified atom stereocenters. The predicted molar refractivity (Wildman–Crippen MR) is 584 cm³/mol. The number of furan rings is 8. The molecule has 0 amide bonds. The van der Waals surface area contributed by atoms with Gasteiger partial charge in [-0.15, -0.1) is 0 Å². The number of aromatic nitrogens is 4. The standard InChI is InChI=1S/C60H32N2O4.C30H18BNO4.C30H16BrNO2.2CH4.2CH3/c1-5-13-49-37(9-1)38-10-2-6-14-50(38)61(49)35-19-27-55-47(31-35)43-23-21-41-45-29-33(17-25-53(45)63-57(41)59(43)65-55)34-18-26-54-46(30-34)42-22-24-44-48-32-36(20-28-56(48)66-60(44)58(42)64-54)62-51-15-7-3-11-39(51)40-12-4-8-16-52(40)62;33-31(34)17-9-13-27-23(15-17)21-11-12-22-24-16-18(10-14-28(24)36-30(22)29(21)35-27)32-25-7-3-1-5-19(25)20-6-2-4-8-26(20)32;31-17-9-13-27-23(15-17)21-11-12-22-24-16-18(10-14-28(24)34-30(22)29(21)33-27)32-25-7-3-1-5-19(25)20-6-2-4-8-26(20)32;;;;/h1-32H;1-16,33-34H;1-16H;2*1H4;2*1H3/q;;;;;2*-1. The minimum atomic E-state index is -1.53. The van der Waals surface area contributed by atoms with Crippen LogP contribution < -0.4 is 5.46 Å². The molecule has 0 fully saturated rings. The maximum Gasteiger partial charge on any atom is 0.488 e. The summed E-state index contributed by atoms with van der Waals surface area (Å²) in [5.41, 5.74) is 28.8. The van der Waals surface area contributed by atoms with Gasteiger partial charge in [-0.25, -0.2) is 0 Å². The Labute approximate surface area is 805 Å². The van der Waals surface area contributed by atoms with Crippen molar-refractivity contribution in [2.75, 3.05) is 0 Å². The first-order valence-corrected chi connectivity index (χ1v) is 46.2. The van der Waals surface area contributed by atoms with E-state index in [1.165, 1.54) is 76.2 Å². The van der Waals surface area contributed by atoms with E-state index >= 15 is 0 Å². The van der Waals surface area contributed by atoms with Crippen molar-refractivity contribution in [1.82, 2.24) is 18.3 Å². The molecule has 14 nitrogen and oxygen atoms in total. The summed E-state index contributed by atoms with van der Waals surface area (Å²) in [5.74, 6) is 0. The Morgan fingerprint density at radius 3 is 0.593 bits per heavy atom. The highest BCUT2D eigenvalue weighted by Crippen LogP contribution is 2.49. The maximum absolute atomic E-state index is 9.60. The number of rotatable bonds is 6. The number of para-hydroxylation sites is 8. The molecule has 2 N–H and O–H groups in total. The summed E-state index contributed by atoms with van der Waals surface area (Å²) in [6.07, 6.45) is 0. The average Bonchev–Trinajstić information content (AvgIpc) is 2.04. The number of hydrogen-bond donors (Lipinski definition) is 2. The van der Waals surface area contributed by atoms with Crippen LogP contribution in [-0.4, -0.2) is 35.4 Å². The lowest BCUT2D eigenvalue weighted by Gasteiger charge is -2.07. The summed E-state index contributed by atoms with van der Waals surface area (Å²) in [5, 5.41) is 45.4. The van der Waals surface area contributed by atoms with E-state index in [9.17, 15) is 10.0 Å². The lowest BCUT2D eigenvalue weighted by molar-refractivity contribution is 0.426. The van der Waals surface area contributed by atoms with Crippen LogP contribution in [0.15, 0.2) is 428 Å². The molecule has 0 bridgehead atoms. The molecular weight excluding hydrogens is 1800 g/mol. The molecule has 0 radical (unpaired) electrons. The van der Waals surface area contributed by atoms with Crippen molar-refractivity contribution in [3.05, 3.63) is 408 Å². The Morgan fingerprint density at radius 1 is 0.179 bits per heavy atom. The fourth-order valence-corrected chi connectivity index (χ4v) is 22.5. The van der Waals surface area contributed by atoms with E-state index < -0.39 is 7.12 Å². The van der Waals surface area contributed by atoms with E-state index in [0.717, 1.165) is 208 Å². The third-order valence-electron chi connectivity index (χ3n) is 28.2. The molecular formula is C124H80BBrN4O10-2. The Kier molecular flexibility index (Phi) is 18.6. The molecule has 12 heterocycles. The zero-order valence-corrected chi connectivity index (χ0v) is 75.4. The molecule has 20 aromatic carbocycles. The quantitative estimate of drug-likeness (QED) is 0.121. The third-order valence-corrected chi connectivity index (χ3v) is 28.7. The molecule has 0 aliphatic carbocycles. The molecule has 16 heteroatoms. The molecule has 0 spiro atoms. The fourth-order valence-electron chi connectivity index (χ4n) is 22.1. The lowest BCUT2D eigenvalue weighted by Crippen LogP contribution is -2.29. The first-order chi connectivity index (χ1) is 67.1. The predicted octanol–water partition coefficient (Wildman–Crippen LogP) is 34.9. The van der Waals surface area contributed by atoms with E-state index in [4.69, 9.17) is 35.3 Å². The Hall–Kier alpha value is -17.5. The third kappa shape index (κ3) is 12.0. The van der Waals surface area contributed by atoms with Crippen LogP contribution in [0, 0.1) is 14.9 Å². The summed E-state index contributed by atoms with van der Waals surface area (Å²) in [6.45, 7) is 0. The summed E-state index contributed by atoms with van der Waals surface area (Å²) in [7, 11) is -1.53. The molecule has 0 atom stereocenters. The SMILES string of the molecule is Brc1ccc2oc3c(ccc4c5cc(-n6c7ccccc7c7ccccc76)ccc5oc43)c2c1.C.C.OB(O)c1ccc2oc3c(ccc4c5cc(-n6c7ccccc7c7ccccc76)ccc5oc43)c2c1.[CH3-].[CH3-].c1ccc2c(c1)c1ccccc1n2-c1ccc2oc3c(ccc4c5cc(-c6ccc7oc8c(ccc9c%10cc(-n%11c%12ccccc%12c%12ccccc%12%11)ccc%10oc98)c7c6)ccc5oc43)c2c1. The highest BCUT2D eigenvalue weighted by molar-refractivity contribution is 9.10. The van der Waals surface area contributed by atoms with Gasteiger partial charge in [-0.1, -0.05) is 201 Å². The minimum absolute atomic E-state index is 0. The number of hydrogen-bond acceptors (Lipinski definition) is 10. The topological polar surface area (TPSA) is 165 Å². The number of halogens is 1. The monoisotopic (exact) mass is 1870 g/mol. The van der Waals surface area contributed by atoms with E-state index in [2.05, 4.69) is 380 Å². The first kappa shape index (κ1) is 83.1. The van der Waals surface area contributed by atoms with Gasteiger partial charge in [-0.05, 0) is 235 Å². The number of benzene rings is 20. The van der Waals surface area contributed by atoms with Gasteiger partial charge in [-0.3, -0.25) is 0 Å². The summed E-state index contributed by atoms with van der Waals surface area (Å²) >= 11 is 3.57. The van der Waals surface area contributed by atoms with Gasteiger partial charge in [0.15, 0.2) is 44.7 Å². The summed E-state index contributed by atoms with van der Waals surface area (Å²) in [6, 6.07) is 135. The van der Waals surface area contributed by atoms with Crippen LogP contribution in [0.1, 0.15) is 14.9 Å². The number of fused-ring (bicyclic) bond motifs is 40. The summed E-state index contributed by atoms with van der Waals surface area (Å²) < 4.78 is 61.9. The molecule has 0 saturated carbocycles. The van der Waals surface area contributed by atoms with Gasteiger partial charge in [0.25, 0.3) is 0 Å². The van der Waals surface area contributed by atoms with Crippen molar-refractivity contribution in [3.8, 4) is 33.9 Å². The van der Waals surface area contributed by atoms with E-state index in [0.29, 0.717) is 22.2 Å². The zero-order chi connectivity index (χ0) is 89.1. The number of nitrogens with zero attached hydrogens (tertiary/aromatic N) is 4. The van der Waals surface area contributed by atoms with Gasteiger partial charge >= 0.3 is 7.12 Å². The van der Waals surface area contributed by atoms with Crippen LogP contribution in [0.5, 0.6) is 0 Å². The van der Waals surface area contributed by atoms with Crippen LogP contribution in [0.2, 0.25) is 0 Å². The van der Waals surface area contributed by atoms with Gasteiger partial charge < -0.3 is 78.5 Å². The van der Waals surface area contributed by atoms with Gasteiger partial charge in [0, 0.05) is 156 Å². The second-order valence-corrected chi connectivity index (χ2v) is 36.4.